The Morgan fingerprint density at radius 2 is 2.11 bits per heavy atom. The average molecular weight is 265 g/mol. The quantitative estimate of drug-likeness (QED) is 0.697. The standard InChI is InChI=1S/C15H23NO3/c1-13-6-3-7-14(12-13)19-11-4-8-15(17)16-9-5-10-18-2/h3,6-7,12H,4-5,8-11H2,1-2H3,(H,16,17). The Hall–Kier alpha value is -1.55. The van der Waals surface area contributed by atoms with Gasteiger partial charge < -0.3 is 14.8 Å². The summed E-state index contributed by atoms with van der Waals surface area (Å²) in [4.78, 5) is 11.5. The third-order valence-corrected chi connectivity index (χ3v) is 2.65. The molecule has 4 nitrogen and oxygen atoms in total. The highest BCUT2D eigenvalue weighted by atomic mass is 16.5. The van der Waals surface area contributed by atoms with Crippen molar-refractivity contribution in [2.45, 2.75) is 26.2 Å². The first-order valence-corrected chi connectivity index (χ1v) is 6.67. The lowest BCUT2D eigenvalue weighted by Crippen LogP contribution is -2.25. The fraction of sp³-hybridized carbons (Fsp3) is 0.533. The number of ether oxygens (including phenoxy) is 2. The smallest absolute Gasteiger partial charge is 0.220 e. The van der Waals surface area contributed by atoms with Crippen LogP contribution in [0, 0.1) is 6.92 Å². The summed E-state index contributed by atoms with van der Waals surface area (Å²) in [6, 6.07) is 7.91. The topological polar surface area (TPSA) is 47.6 Å². The van der Waals surface area contributed by atoms with E-state index in [2.05, 4.69) is 5.32 Å². The molecule has 0 radical (unpaired) electrons. The van der Waals surface area contributed by atoms with E-state index in [1.165, 1.54) is 5.56 Å². The van der Waals surface area contributed by atoms with E-state index in [4.69, 9.17) is 9.47 Å². The molecule has 1 aromatic rings. The third-order valence-electron chi connectivity index (χ3n) is 2.65. The largest absolute Gasteiger partial charge is 0.494 e. The molecule has 0 bridgehead atoms. The van der Waals surface area contributed by atoms with Crippen LogP contribution in [0.15, 0.2) is 24.3 Å². The van der Waals surface area contributed by atoms with Crippen molar-refractivity contribution in [2.75, 3.05) is 26.9 Å². The zero-order valence-electron chi connectivity index (χ0n) is 11.8. The number of hydrogen-bond donors (Lipinski definition) is 1. The molecular weight excluding hydrogens is 242 g/mol. The highest BCUT2D eigenvalue weighted by Crippen LogP contribution is 2.12. The van der Waals surface area contributed by atoms with Gasteiger partial charge in [-0.2, -0.15) is 0 Å². The van der Waals surface area contributed by atoms with E-state index in [0.717, 1.165) is 18.6 Å². The fourth-order valence-electron chi connectivity index (χ4n) is 1.66. The van der Waals surface area contributed by atoms with Crippen LogP contribution in [-0.4, -0.2) is 32.8 Å². The predicted molar refractivity (Wildman–Crippen MR) is 75.4 cm³/mol. The fourth-order valence-corrected chi connectivity index (χ4v) is 1.66. The van der Waals surface area contributed by atoms with Gasteiger partial charge in [0.15, 0.2) is 0 Å². The Morgan fingerprint density at radius 3 is 2.84 bits per heavy atom. The van der Waals surface area contributed by atoms with Gasteiger partial charge in [-0.1, -0.05) is 12.1 Å². The van der Waals surface area contributed by atoms with Crippen molar-refractivity contribution in [3.05, 3.63) is 29.8 Å². The molecule has 0 unspecified atom stereocenters. The van der Waals surface area contributed by atoms with Crippen molar-refractivity contribution >= 4 is 5.91 Å². The van der Waals surface area contributed by atoms with E-state index >= 15 is 0 Å². The highest BCUT2D eigenvalue weighted by Gasteiger charge is 2.01. The Morgan fingerprint density at radius 1 is 1.26 bits per heavy atom. The van der Waals surface area contributed by atoms with Gasteiger partial charge in [-0.05, 0) is 37.5 Å². The second kappa shape index (κ2) is 9.39. The van der Waals surface area contributed by atoms with Crippen molar-refractivity contribution in [3.63, 3.8) is 0 Å². The molecule has 0 aliphatic rings. The summed E-state index contributed by atoms with van der Waals surface area (Å²) < 4.78 is 10.5. The number of carbonyl (C=O) groups is 1. The summed E-state index contributed by atoms with van der Waals surface area (Å²) in [5, 5.41) is 2.85. The van der Waals surface area contributed by atoms with Crippen LogP contribution in [-0.2, 0) is 9.53 Å². The van der Waals surface area contributed by atoms with Crippen LogP contribution in [0.3, 0.4) is 0 Å². The molecule has 0 saturated carbocycles. The first-order chi connectivity index (χ1) is 9.22. The molecule has 0 aliphatic carbocycles. The van der Waals surface area contributed by atoms with Gasteiger partial charge in [-0.3, -0.25) is 4.79 Å². The minimum absolute atomic E-state index is 0.0731. The van der Waals surface area contributed by atoms with Crippen LogP contribution >= 0.6 is 0 Å². The van der Waals surface area contributed by atoms with Gasteiger partial charge in [0, 0.05) is 26.7 Å². The molecule has 4 heteroatoms. The first kappa shape index (κ1) is 15.5. The van der Waals surface area contributed by atoms with Gasteiger partial charge in [-0.25, -0.2) is 0 Å². The Kier molecular flexibility index (Phi) is 7.66. The average Bonchev–Trinajstić information content (AvgIpc) is 2.40. The molecule has 0 heterocycles. The maximum atomic E-state index is 11.5. The molecule has 1 rings (SSSR count). The normalized spacial score (nSPS) is 10.2. The zero-order valence-corrected chi connectivity index (χ0v) is 11.8. The highest BCUT2D eigenvalue weighted by molar-refractivity contribution is 5.75. The van der Waals surface area contributed by atoms with Gasteiger partial charge >= 0.3 is 0 Å². The van der Waals surface area contributed by atoms with Crippen molar-refractivity contribution in [3.8, 4) is 5.75 Å². The van der Waals surface area contributed by atoms with Crippen molar-refractivity contribution < 1.29 is 14.3 Å². The lowest BCUT2D eigenvalue weighted by atomic mass is 10.2. The molecule has 1 amide bonds. The third kappa shape index (κ3) is 7.47. The van der Waals surface area contributed by atoms with Crippen LogP contribution in [0.4, 0.5) is 0 Å². The summed E-state index contributed by atoms with van der Waals surface area (Å²) in [6.07, 6.45) is 2.07. The van der Waals surface area contributed by atoms with Crippen LogP contribution in [0.5, 0.6) is 5.75 Å². The number of benzene rings is 1. The van der Waals surface area contributed by atoms with E-state index < -0.39 is 0 Å². The Balaban J connectivity index is 2.05. The van der Waals surface area contributed by atoms with E-state index in [-0.39, 0.29) is 5.91 Å². The van der Waals surface area contributed by atoms with Gasteiger partial charge in [-0.15, -0.1) is 0 Å². The van der Waals surface area contributed by atoms with Crippen LogP contribution in [0.25, 0.3) is 0 Å². The lowest BCUT2D eigenvalue weighted by Gasteiger charge is -2.07. The summed E-state index contributed by atoms with van der Waals surface area (Å²) in [5.74, 6) is 0.935. The molecule has 1 aromatic carbocycles. The maximum Gasteiger partial charge on any atom is 0.220 e. The molecular formula is C15H23NO3. The first-order valence-electron chi connectivity index (χ1n) is 6.67. The summed E-state index contributed by atoms with van der Waals surface area (Å²) in [7, 11) is 1.66. The predicted octanol–water partition coefficient (Wildman–Crippen LogP) is 2.31. The van der Waals surface area contributed by atoms with Crippen LogP contribution < -0.4 is 10.1 Å². The second-order valence-electron chi connectivity index (χ2n) is 4.46. The van der Waals surface area contributed by atoms with Gasteiger partial charge in [0.1, 0.15) is 5.75 Å². The number of carbonyl (C=O) groups excluding carboxylic acids is 1. The molecule has 0 aromatic heterocycles. The van der Waals surface area contributed by atoms with Crippen LogP contribution in [0.1, 0.15) is 24.8 Å². The molecule has 0 fully saturated rings. The van der Waals surface area contributed by atoms with Crippen LogP contribution in [0.2, 0.25) is 0 Å². The number of rotatable bonds is 9. The minimum Gasteiger partial charge on any atom is -0.494 e. The van der Waals surface area contributed by atoms with Crippen molar-refractivity contribution in [1.82, 2.24) is 5.32 Å². The Labute approximate surface area is 115 Å². The summed E-state index contributed by atoms with van der Waals surface area (Å²) >= 11 is 0. The van der Waals surface area contributed by atoms with Gasteiger partial charge in [0.05, 0.1) is 6.61 Å². The minimum atomic E-state index is 0.0731. The zero-order chi connectivity index (χ0) is 13.9. The number of amides is 1. The summed E-state index contributed by atoms with van der Waals surface area (Å²) in [5.41, 5.74) is 1.17. The van der Waals surface area contributed by atoms with Gasteiger partial charge in [0.2, 0.25) is 5.91 Å². The monoisotopic (exact) mass is 265 g/mol. The number of methoxy groups -OCH3 is 1. The van der Waals surface area contributed by atoms with Crippen molar-refractivity contribution in [2.24, 2.45) is 0 Å². The lowest BCUT2D eigenvalue weighted by molar-refractivity contribution is -0.121. The molecule has 0 spiro atoms. The molecule has 0 atom stereocenters. The number of nitrogens with one attached hydrogen (secondary N) is 1. The van der Waals surface area contributed by atoms with E-state index in [9.17, 15) is 4.79 Å². The SMILES string of the molecule is COCCCNC(=O)CCCOc1cccc(C)c1. The van der Waals surface area contributed by atoms with Gasteiger partial charge in [0.25, 0.3) is 0 Å². The second-order valence-corrected chi connectivity index (χ2v) is 4.46. The maximum absolute atomic E-state index is 11.5. The van der Waals surface area contributed by atoms with E-state index in [0.29, 0.717) is 26.2 Å². The van der Waals surface area contributed by atoms with E-state index in [1.807, 2.05) is 31.2 Å². The summed E-state index contributed by atoms with van der Waals surface area (Å²) in [6.45, 7) is 3.94. The van der Waals surface area contributed by atoms with Crippen molar-refractivity contribution in [1.29, 1.82) is 0 Å². The molecule has 0 saturated heterocycles. The Bertz CT molecular complexity index is 379. The number of hydrogen-bond acceptors (Lipinski definition) is 3. The molecule has 0 aliphatic heterocycles. The molecule has 19 heavy (non-hydrogen) atoms. The van der Waals surface area contributed by atoms with E-state index in [1.54, 1.807) is 7.11 Å². The molecule has 1 N–H and O–H groups in total. The molecule has 106 valence electrons. The number of aryl methyl sites for hydroxylation is 1.